The molecule has 3 rings (SSSR count). The minimum atomic E-state index is -3.66. The lowest BCUT2D eigenvalue weighted by molar-refractivity contribution is 0.415. The van der Waals surface area contributed by atoms with Gasteiger partial charge in [-0.1, -0.05) is 0 Å². The number of rotatable bonds is 6. The summed E-state index contributed by atoms with van der Waals surface area (Å²) in [7, 11) is -2.04. The van der Waals surface area contributed by atoms with Crippen molar-refractivity contribution in [1.82, 2.24) is 19.5 Å². The van der Waals surface area contributed by atoms with Gasteiger partial charge in [-0.2, -0.15) is 5.10 Å². The lowest BCUT2D eigenvalue weighted by Gasteiger charge is -2.09. The number of H-pyrrole nitrogens is 1. The largest absolute Gasteiger partial charge is 0.497 e. The molecule has 0 aliphatic heterocycles. The van der Waals surface area contributed by atoms with E-state index in [1.54, 1.807) is 25.6 Å². The molecule has 0 bridgehead atoms. The van der Waals surface area contributed by atoms with Gasteiger partial charge in [0.2, 0.25) is 10.0 Å². The molecule has 8 heteroatoms. The summed E-state index contributed by atoms with van der Waals surface area (Å²) < 4.78 is 35.2. The molecule has 0 saturated heterocycles. The average molecular weight is 376 g/mol. The van der Waals surface area contributed by atoms with Crippen LogP contribution in [0.5, 0.6) is 5.75 Å². The number of methoxy groups -OCH3 is 1. The summed E-state index contributed by atoms with van der Waals surface area (Å²) in [5, 5.41) is 5.33. The maximum absolute atomic E-state index is 12.8. The fraction of sp³-hybridized carbons (Fsp3) is 0.389. The van der Waals surface area contributed by atoms with E-state index in [9.17, 15) is 8.42 Å². The molecule has 0 saturated carbocycles. The fourth-order valence-electron chi connectivity index (χ4n) is 3.18. The summed E-state index contributed by atoms with van der Waals surface area (Å²) in [5.41, 5.74) is 2.86. The van der Waals surface area contributed by atoms with Crippen LogP contribution in [0.2, 0.25) is 0 Å². The number of hydrogen-bond acceptors (Lipinski definition) is 4. The highest BCUT2D eigenvalue weighted by molar-refractivity contribution is 7.89. The van der Waals surface area contributed by atoms with Crippen molar-refractivity contribution < 1.29 is 13.2 Å². The smallest absolute Gasteiger partial charge is 0.244 e. The highest BCUT2D eigenvalue weighted by Gasteiger charge is 2.25. The molecule has 26 heavy (non-hydrogen) atoms. The molecule has 0 radical (unpaired) electrons. The topological polar surface area (TPSA) is 89.0 Å². The summed E-state index contributed by atoms with van der Waals surface area (Å²) in [6, 6.07) is 7.69. The van der Waals surface area contributed by atoms with Crippen LogP contribution in [-0.4, -0.2) is 30.3 Å². The highest BCUT2D eigenvalue weighted by atomic mass is 32.2. The van der Waals surface area contributed by atoms with Crippen molar-refractivity contribution in [3.63, 3.8) is 0 Å². The van der Waals surface area contributed by atoms with E-state index in [1.165, 1.54) is 0 Å². The third-order valence-corrected chi connectivity index (χ3v) is 6.01. The zero-order valence-corrected chi connectivity index (χ0v) is 16.4. The average Bonchev–Trinajstić information content (AvgIpc) is 3.12. The number of fused-ring (bicyclic) bond motifs is 1. The van der Waals surface area contributed by atoms with Gasteiger partial charge in [0.25, 0.3) is 0 Å². The van der Waals surface area contributed by atoms with Crippen molar-refractivity contribution in [1.29, 1.82) is 0 Å². The molecule has 7 nitrogen and oxygen atoms in total. The standard InChI is InChI=1S/C18H24N4O3S/c1-11(2)22-13(4)18(12(3)21-22)26(23,24)19-10-15-8-14-9-16(25-5)6-7-17(14)20-15/h6-9,11,19-20H,10H2,1-5H3. The Morgan fingerprint density at radius 2 is 2.00 bits per heavy atom. The van der Waals surface area contributed by atoms with Crippen LogP contribution < -0.4 is 9.46 Å². The van der Waals surface area contributed by atoms with Crippen LogP contribution in [0.25, 0.3) is 10.9 Å². The van der Waals surface area contributed by atoms with E-state index in [0.717, 1.165) is 22.3 Å². The first-order valence-corrected chi connectivity index (χ1v) is 9.92. The third-order valence-electron chi connectivity index (χ3n) is 4.35. The van der Waals surface area contributed by atoms with Gasteiger partial charge >= 0.3 is 0 Å². The molecule has 3 aromatic rings. The number of benzene rings is 1. The predicted molar refractivity (Wildman–Crippen MR) is 101 cm³/mol. The fourth-order valence-corrected chi connectivity index (χ4v) is 4.58. The molecule has 2 heterocycles. The molecule has 2 aromatic heterocycles. The Morgan fingerprint density at radius 3 is 2.62 bits per heavy atom. The molecule has 140 valence electrons. The molecule has 0 aliphatic carbocycles. The Balaban J connectivity index is 1.85. The van der Waals surface area contributed by atoms with Gasteiger partial charge in [-0.15, -0.1) is 0 Å². The van der Waals surface area contributed by atoms with Crippen molar-refractivity contribution in [3.05, 3.63) is 41.3 Å². The molecule has 1 aromatic carbocycles. The van der Waals surface area contributed by atoms with Gasteiger partial charge in [0, 0.05) is 22.6 Å². The monoisotopic (exact) mass is 376 g/mol. The number of nitrogens with zero attached hydrogens (tertiary/aromatic N) is 2. The molecule has 0 atom stereocenters. The summed E-state index contributed by atoms with van der Waals surface area (Å²) >= 11 is 0. The van der Waals surface area contributed by atoms with Crippen molar-refractivity contribution in [2.24, 2.45) is 0 Å². The molecular weight excluding hydrogens is 352 g/mol. The number of hydrogen-bond donors (Lipinski definition) is 2. The summed E-state index contributed by atoms with van der Waals surface area (Å²) in [6.07, 6.45) is 0. The van der Waals surface area contributed by atoms with Crippen LogP contribution in [0, 0.1) is 13.8 Å². The van der Waals surface area contributed by atoms with Gasteiger partial charge < -0.3 is 9.72 Å². The number of aromatic amines is 1. The van der Waals surface area contributed by atoms with Crippen molar-refractivity contribution >= 4 is 20.9 Å². The molecule has 0 amide bonds. The third kappa shape index (κ3) is 3.34. The molecule has 0 fully saturated rings. The normalized spacial score (nSPS) is 12.2. The Kier molecular flexibility index (Phi) is 4.81. The second-order valence-electron chi connectivity index (χ2n) is 6.61. The van der Waals surface area contributed by atoms with E-state index in [4.69, 9.17) is 4.74 Å². The molecule has 0 unspecified atom stereocenters. The zero-order chi connectivity index (χ0) is 19.1. The second kappa shape index (κ2) is 6.77. The Labute approximate surface area is 153 Å². The van der Waals surface area contributed by atoms with Gasteiger partial charge in [-0.05, 0) is 52.0 Å². The maximum atomic E-state index is 12.8. The lowest BCUT2D eigenvalue weighted by Crippen LogP contribution is -2.24. The highest BCUT2D eigenvalue weighted by Crippen LogP contribution is 2.24. The quantitative estimate of drug-likeness (QED) is 0.692. The van der Waals surface area contributed by atoms with Crippen LogP contribution in [0.1, 0.15) is 37.0 Å². The first-order valence-electron chi connectivity index (χ1n) is 8.44. The van der Waals surface area contributed by atoms with Gasteiger partial charge in [0.1, 0.15) is 10.6 Å². The number of aryl methyl sites for hydroxylation is 1. The Hall–Kier alpha value is -2.32. The summed E-state index contributed by atoms with van der Waals surface area (Å²) in [6.45, 7) is 7.62. The minimum Gasteiger partial charge on any atom is -0.497 e. The molecule has 2 N–H and O–H groups in total. The number of aromatic nitrogens is 3. The lowest BCUT2D eigenvalue weighted by atomic mass is 10.2. The second-order valence-corrected chi connectivity index (χ2v) is 8.31. The van der Waals surface area contributed by atoms with E-state index >= 15 is 0 Å². The van der Waals surface area contributed by atoms with E-state index in [2.05, 4.69) is 14.8 Å². The van der Waals surface area contributed by atoms with E-state index in [1.807, 2.05) is 38.1 Å². The van der Waals surface area contributed by atoms with Crippen LogP contribution in [0.3, 0.4) is 0 Å². The first kappa shape index (κ1) is 18.5. The van der Waals surface area contributed by atoms with Crippen LogP contribution in [0.4, 0.5) is 0 Å². The van der Waals surface area contributed by atoms with E-state index in [0.29, 0.717) is 11.4 Å². The Bertz CT molecular complexity index is 1050. The van der Waals surface area contributed by atoms with Crippen LogP contribution in [-0.2, 0) is 16.6 Å². The van der Waals surface area contributed by atoms with Gasteiger partial charge in [-0.25, -0.2) is 13.1 Å². The maximum Gasteiger partial charge on any atom is 0.244 e. The van der Waals surface area contributed by atoms with Crippen molar-refractivity contribution in [2.75, 3.05) is 7.11 Å². The SMILES string of the molecule is COc1ccc2[nH]c(CNS(=O)(=O)c3c(C)nn(C(C)C)c3C)cc2c1. The molecule has 0 spiro atoms. The van der Waals surface area contributed by atoms with Crippen LogP contribution >= 0.6 is 0 Å². The molecule has 0 aliphatic rings. The zero-order valence-electron chi connectivity index (χ0n) is 15.6. The van der Waals surface area contributed by atoms with E-state index in [-0.39, 0.29) is 17.5 Å². The Morgan fingerprint density at radius 1 is 1.27 bits per heavy atom. The molecular formula is C18H24N4O3S. The van der Waals surface area contributed by atoms with Gasteiger partial charge in [-0.3, -0.25) is 4.68 Å². The summed E-state index contributed by atoms with van der Waals surface area (Å²) in [5.74, 6) is 0.760. The predicted octanol–water partition coefficient (Wildman–Crippen LogP) is 3.05. The van der Waals surface area contributed by atoms with Crippen molar-refractivity contribution in [2.45, 2.75) is 45.2 Å². The van der Waals surface area contributed by atoms with Gasteiger partial charge in [0.15, 0.2) is 0 Å². The number of sulfonamides is 1. The first-order chi connectivity index (χ1) is 12.2. The van der Waals surface area contributed by atoms with Crippen molar-refractivity contribution in [3.8, 4) is 5.75 Å². The van der Waals surface area contributed by atoms with E-state index < -0.39 is 10.0 Å². The number of nitrogens with one attached hydrogen (secondary N) is 2. The van der Waals surface area contributed by atoms with Gasteiger partial charge in [0.05, 0.1) is 25.0 Å². The van der Waals surface area contributed by atoms with Crippen LogP contribution in [0.15, 0.2) is 29.2 Å². The minimum absolute atomic E-state index is 0.0985. The number of ether oxygens (including phenoxy) is 1. The summed E-state index contributed by atoms with van der Waals surface area (Å²) in [4.78, 5) is 3.47.